The van der Waals surface area contributed by atoms with Crippen LogP contribution in [0.3, 0.4) is 0 Å². The highest BCUT2D eigenvalue weighted by Gasteiger charge is 2.57. The van der Waals surface area contributed by atoms with E-state index in [2.05, 4.69) is 20.0 Å². The zero-order valence-corrected chi connectivity index (χ0v) is 11.7. The third-order valence-electron chi connectivity index (χ3n) is 5.63. The second kappa shape index (κ2) is 3.91. The van der Waals surface area contributed by atoms with E-state index in [1.165, 1.54) is 30.1 Å². The Kier molecular flexibility index (Phi) is 2.25. The van der Waals surface area contributed by atoms with Gasteiger partial charge in [0.25, 0.3) is 5.78 Å². The Morgan fingerprint density at radius 2 is 2.00 bits per heavy atom. The van der Waals surface area contributed by atoms with Crippen molar-refractivity contribution in [3.05, 3.63) is 18.1 Å². The molecule has 1 saturated heterocycles. The Bertz CT molecular complexity index is 753. The molecule has 4 atom stereocenters. The van der Waals surface area contributed by atoms with Crippen LogP contribution in [0.25, 0.3) is 5.78 Å². The van der Waals surface area contributed by atoms with E-state index in [4.69, 9.17) is 0 Å². The molecular weight excluding hydrogens is 295 g/mol. The maximum Gasteiger partial charge on any atom is 0.433 e. The first-order valence-corrected chi connectivity index (χ1v) is 7.57. The first-order chi connectivity index (χ1) is 10.5. The molecule has 2 aromatic heterocycles. The Labute approximate surface area is 124 Å². The molecule has 3 fully saturated rings. The molecular formula is C14H14F3N5. The molecule has 2 saturated carbocycles. The molecule has 3 heterocycles. The number of anilines is 1. The molecule has 0 spiro atoms. The molecule has 5 rings (SSSR count). The van der Waals surface area contributed by atoms with Crippen LogP contribution in [-0.4, -0.2) is 32.2 Å². The fourth-order valence-electron chi connectivity index (χ4n) is 4.73. The maximum atomic E-state index is 13.1. The zero-order chi connectivity index (χ0) is 15.1. The number of nitrogens with zero attached hydrogens (tertiary/aromatic N) is 5. The molecule has 5 nitrogen and oxygen atoms in total. The van der Waals surface area contributed by atoms with E-state index in [9.17, 15) is 13.2 Å². The molecule has 0 aromatic carbocycles. The minimum absolute atomic E-state index is 0.0106. The van der Waals surface area contributed by atoms with Crippen LogP contribution < -0.4 is 4.90 Å². The van der Waals surface area contributed by atoms with Gasteiger partial charge >= 0.3 is 6.18 Å². The number of aromatic nitrogens is 4. The molecule has 3 aliphatic rings. The van der Waals surface area contributed by atoms with Crippen molar-refractivity contribution in [2.75, 3.05) is 11.4 Å². The Hall–Kier alpha value is -1.86. The lowest BCUT2D eigenvalue weighted by atomic mass is 9.77. The van der Waals surface area contributed by atoms with Gasteiger partial charge in [0.05, 0.1) is 0 Å². The first-order valence-electron chi connectivity index (χ1n) is 7.57. The average molecular weight is 309 g/mol. The lowest BCUT2D eigenvalue weighted by Gasteiger charge is -2.51. The fraction of sp³-hybridized carbons (Fsp3) is 0.643. The van der Waals surface area contributed by atoms with Gasteiger partial charge in [-0.2, -0.15) is 27.8 Å². The van der Waals surface area contributed by atoms with E-state index < -0.39 is 11.9 Å². The van der Waals surface area contributed by atoms with Crippen molar-refractivity contribution in [2.24, 2.45) is 17.8 Å². The molecule has 1 aliphatic heterocycles. The van der Waals surface area contributed by atoms with Crippen LogP contribution in [0, 0.1) is 17.8 Å². The van der Waals surface area contributed by atoms with Crippen LogP contribution in [0.1, 0.15) is 25.0 Å². The monoisotopic (exact) mass is 309 g/mol. The Balaban J connectivity index is 1.61. The molecule has 0 amide bonds. The summed E-state index contributed by atoms with van der Waals surface area (Å²) >= 11 is 0. The summed E-state index contributed by atoms with van der Waals surface area (Å²) in [7, 11) is 0. The summed E-state index contributed by atoms with van der Waals surface area (Å²) in [4.78, 5) is 9.50. The summed E-state index contributed by atoms with van der Waals surface area (Å²) in [6.45, 7) is 0.822. The molecule has 2 bridgehead atoms. The normalized spacial score (nSPS) is 33.3. The van der Waals surface area contributed by atoms with Gasteiger partial charge in [-0.25, -0.2) is 4.98 Å². The van der Waals surface area contributed by atoms with Crippen molar-refractivity contribution in [1.82, 2.24) is 19.6 Å². The van der Waals surface area contributed by atoms with Gasteiger partial charge in [-0.3, -0.25) is 0 Å². The molecule has 22 heavy (non-hydrogen) atoms. The fourth-order valence-corrected chi connectivity index (χ4v) is 4.73. The second-order valence-electron chi connectivity index (χ2n) is 6.61. The maximum absolute atomic E-state index is 13.1. The van der Waals surface area contributed by atoms with Crippen molar-refractivity contribution >= 4 is 11.6 Å². The van der Waals surface area contributed by atoms with Gasteiger partial charge in [0.15, 0.2) is 5.69 Å². The van der Waals surface area contributed by atoms with Crippen LogP contribution in [0.5, 0.6) is 0 Å². The quantitative estimate of drug-likeness (QED) is 0.811. The number of fused-ring (bicyclic) bond motifs is 6. The van der Waals surface area contributed by atoms with E-state index in [-0.39, 0.29) is 5.78 Å². The first kappa shape index (κ1) is 12.7. The van der Waals surface area contributed by atoms with Gasteiger partial charge in [-0.1, -0.05) is 0 Å². The molecule has 0 N–H and O–H groups in total. The molecule has 2 aliphatic carbocycles. The predicted molar refractivity (Wildman–Crippen MR) is 71.2 cm³/mol. The van der Waals surface area contributed by atoms with Crippen molar-refractivity contribution in [3.8, 4) is 0 Å². The third-order valence-corrected chi connectivity index (χ3v) is 5.63. The lowest BCUT2D eigenvalue weighted by Crippen LogP contribution is -2.59. The highest BCUT2D eigenvalue weighted by atomic mass is 19.4. The number of rotatable bonds is 1. The van der Waals surface area contributed by atoms with Crippen LogP contribution in [-0.2, 0) is 6.18 Å². The van der Waals surface area contributed by atoms with E-state index in [1.54, 1.807) is 0 Å². The largest absolute Gasteiger partial charge is 0.433 e. The lowest BCUT2D eigenvalue weighted by molar-refractivity contribution is -0.141. The van der Waals surface area contributed by atoms with Crippen LogP contribution in [0.15, 0.2) is 12.4 Å². The Morgan fingerprint density at radius 3 is 2.77 bits per heavy atom. The third kappa shape index (κ3) is 1.52. The van der Waals surface area contributed by atoms with E-state index in [1.807, 2.05) is 0 Å². The summed E-state index contributed by atoms with van der Waals surface area (Å²) in [6.07, 6.45) is 0.484. The number of hydrogen-bond donors (Lipinski definition) is 0. The van der Waals surface area contributed by atoms with E-state index in [0.29, 0.717) is 23.7 Å². The number of halogens is 3. The smallest absolute Gasteiger partial charge is 0.352 e. The van der Waals surface area contributed by atoms with Gasteiger partial charge in [0.1, 0.15) is 12.1 Å². The van der Waals surface area contributed by atoms with Gasteiger partial charge in [-0.15, -0.1) is 0 Å². The minimum atomic E-state index is -4.47. The van der Waals surface area contributed by atoms with Crippen molar-refractivity contribution < 1.29 is 13.2 Å². The van der Waals surface area contributed by atoms with Gasteiger partial charge in [-0.05, 0) is 37.0 Å². The highest BCUT2D eigenvalue weighted by molar-refractivity contribution is 5.52. The summed E-state index contributed by atoms with van der Waals surface area (Å²) in [5, 5.41) is 4.06. The molecule has 116 valence electrons. The minimum Gasteiger partial charge on any atom is -0.352 e. The summed E-state index contributed by atoms with van der Waals surface area (Å²) < 4.78 is 40.6. The number of alkyl halides is 3. The summed E-state index contributed by atoms with van der Waals surface area (Å²) in [5.74, 6) is 2.51. The highest BCUT2D eigenvalue weighted by Crippen LogP contribution is 2.56. The molecule has 0 unspecified atom stereocenters. The van der Waals surface area contributed by atoms with Crippen molar-refractivity contribution in [1.29, 1.82) is 0 Å². The average Bonchev–Trinajstić information content (AvgIpc) is 3.09. The molecule has 0 radical (unpaired) electrons. The number of hydrogen-bond acceptors (Lipinski definition) is 4. The van der Waals surface area contributed by atoms with E-state index in [0.717, 1.165) is 18.5 Å². The van der Waals surface area contributed by atoms with Gasteiger partial charge in [0, 0.05) is 18.7 Å². The SMILES string of the molecule is FC(F)(F)c1cc(N2C[C@H]3[C@H]4CC[C@@H](C4)[C@H]32)n2ncnc2n1. The topological polar surface area (TPSA) is 46.3 Å². The standard InChI is InChI=1S/C14H14F3N5/c15-14(16,17)10-4-11(22-13(20-10)18-6-19-22)21-5-9-7-1-2-8(3-7)12(9)21/h4,6-9,12H,1-3,5H2/t7-,8-,9-,12+/m0/s1. The molecule has 8 heteroatoms. The van der Waals surface area contributed by atoms with Crippen LogP contribution in [0.2, 0.25) is 0 Å². The predicted octanol–water partition coefficient (Wildman–Crippen LogP) is 2.38. The summed E-state index contributed by atoms with van der Waals surface area (Å²) in [5.41, 5.74) is -0.894. The summed E-state index contributed by atoms with van der Waals surface area (Å²) in [6, 6.07) is 1.49. The van der Waals surface area contributed by atoms with Crippen molar-refractivity contribution in [3.63, 3.8) is 0 Å². The van der Waals surface area contributed by atoms with Gasteiger partial charge in [0.2, 0.25) is 0 Å². The van der Waals surface area contributed by atoms with Crippen molar-refractivity contribution in [2.45, 2.75) is 31.5 Å². The van der Waals surface area contributed by atoms with Crippen LogP contribution in [0.4, 0.5) is 19.0 Å². The second-order valence-corrected chi connectivity index (χ2v) is 6.61. The van der Waals surface area contributed by atoms with Gasteiger partial charge < -0.3 is 4.90 Å². The Morgan fingerprint density at radius 1 is 1.18 bits per heavy atom. The molecule has 2 aromatic rings. The van der Waals surface area contributed by atoms with Crippen LogP contribution >= 0.6 is 0 Å². The van der Waals surface area contributed by atoms with E-state index >= 15 is 0 Å². The zero-order valence-electron chi connectivity index (χ0n) is 11.7.